The molecule has 3 heteroatoms. The van der Waals surface area contributed by atoms with Gasteiger partial charge in [-0.05, 0) is 44.2 Å². The van der Waals surface area contributed by atoms with Gasteiger partial charge in [-0.15, -0.1) is 12.4 Å². The fourth-order valence-corrected chi connectivity index (χ4v) is 3.28. The van der Waals surface area contributed by atoms with Crippen LogP contribution in [0.2, 0.25) is 0 Å². The molecule has 0 fully saturated rings. The average Bonchev–Trinajstić information content (AvgIpc) is 2.70. The number of halogens is 1. The number of hydrogen-bond acceptors (Lipinski definition) is 2. The Kier molecular flexibility index (Phi) is 19.7. The van der Waals surface area contributed by atoms with E-state index in [1.165, 1.54) is 83.5 Å². The average molecular weight is 410 g/mol. The third-order valence-corrected chi connectivity index (χ3v) is 5.05. The van der Waals surface area contributed by atoms with Crippen molar-refractivity contribution in [1.29, 1.82) is 0 Å². The first kappa shape index (κ1) is 26.9. The first-order valence-electron chi connectivity index (χ1n) is 11.4. The molecule has 1 aromatic rings. The molecule has 2 nitrogen and oxygen atoms in total. The van der Waals surface area contributed by atoms with Crippen molar-refractivity contribution in [2.45, 2.75) is 96.8 Å². The molecule has 0 amide bonds. The minimum atomic E-state index is 0. The van der Waals surface area contributed by atoms with Crippen LogP contribution in [-0.2, 0) is 0 Å². The van der Waals surface area contributed by atoms with Crippen molar-refractivity contribution in [3.05, 3.63) is 36.4 Å². The van der Waals surface area contributed by atoms with E-state index in [2.05, 4.69) is 36.5 Å². The number of ether oxygens (including phenoxy) is 1. The minimum Gasteiger partial charge on any atom is -0.494 e. The van der Waals surface area contributed by atoms with E-state index in [0.717, 1.165) is 24.5 Å². The second kappa shape index (κ2) is 20.6. The number of nitrogens with one attached hydrogen (secondary N) is 1. The van der Waals surface area contributed by atoms with Crippen LogP contribution >= 0.6 is 12.4 Å². The van der Waals surface area contributed by atoms with E-state index < -0.39 is 0 Å². The highest BCUT2D eigenvalue weighted by molar-refractivity contribution is 5.85. The van der Waals surface area contributed by atoms with Gasteiger partial charge < -0.3 is 10.1 Å². The summed E-state index contributed by atoms with van der Waals surface area (Å²) in [7, 11) is 1.94. The lowest BCUT2D eigenvalue weighted by Crippen LogP contribution is -1.98. The molecule has 0 aromatic heterocycles. The molecule has 0 aliphatic rings. The van der Waals surface area contributed by atoms with Crippen LogP contribution in [0.1, 0.15) is 96.8 Å². The summed E-state index contributed by atoms with van der Waals surface area (Å²) in [6.45, 7) is 3.11. The third-order valence-electron chi connectivity index (χ3n) is 5.05. The van der Waals surface area contributed by atoms with Crippen LogP contribution in [0.25, 0.3) is 0 Å². The molecule has 0 saturated carbocycles. The first-order chi connectivity index (χ1) is 13.4. The van der Waals surface area contributed by atoms with Gasteiger partial charge in [0.05, 0.1) is 6.61 Å². The van der Waals surface area contributed by atoms with Gasteiger partial charge >= 0.3 is 0 Å². The molecule has 1 rings (SSSR count). The molecule has 0 bridgehead atoms. The quantitative estimate of drug-likeness (QED) is 0.193. The van der Waals surface area contributed by atoms with Crippen LogP contribution < -0.4 is 10.1 Å². The Balaban J connectivity index is 0.00000729. The Morgan fingerprint density at radius 3 is 1.96 bits per heavy atom. The van der Waals surface area contributed by atoms with Crippen LogP contribution in [0.15, 0.2) is 36.4 Å². The summed E-state index contributed by atoms with van der Waals surface area (Å²) >= 11 is 0. The highest BCUT2D eigenvalue weighted by Crippen LogP contribution is 2.17. The number of rotatable bonds is 18. The fraction of sp³-hybridized carbons (Fsp3) is 0.680. The Bertz CT molecular complexity index is 475. The number of benzene rings is 1. The molecule has 0 heterocycles. The monoisotopic (exact) mass is 409 g/mol. The summed E-state index contributed by atoms with van der Waals surface area (Å²) in [5.41, 5.74) is 1.11. The van der Waals surface area contributed by atoms with Gasteiger partial charge in [0.15, 0.2) is 0 Å². The van der Waals surface area contributed by atoms with E-state index >= 15 is 0 Å². The summed E-state index contributed by atoms with van der Waals surface area (Å²) in [5, 5.41) is 3.14. The van der Waals surface area contributed by atoms with Gasteiger partial charge in [-0.3, -0.25) is 0 Å². The van der Waals surface area contributed by atoms with Gasteiger partial charge in [0.1, 0.15) is 5.75 Å². The lowest BCUT2D eigenvalue weighted by atomic mass is 10.1. The molecule has 1 N–H and O–H groups in total. The Morgan fingerprint density at radius 1 is 0.786 bits per heavy atom. The molecule has 162 valence electrons. The third kappa shape index (κ3) is 15.9. The second-order valence-electron chi connectivity index (χ2n) is 7.56. The smallest absolute Gasteiger partial charge is 0.121 e. The normalized spacial score (nSPS) is 10.8. The van der Waals surface area contributed by atoms with Crippen LogP contribution in [0.3, 0.4) is 0 Å². The van der Waals surface area contributed by atoms with Crippen LogP contribution in [-0.4, -0.2) is 13.7 Å². The SMILES string of the molecule is CCCCCCCCC=CCCCCCCCCOc1cccc(NC)c1.Cl. The van der Waals surface area contributed by atoms with E-state index in [4.69, 9.17) is 4.74 Å². The van der Waals surface area contributed by atoms with E-state index in [1.807, 2.05) is 19.2 Å². The zero-order valence-electron chi connectivity index (χ0n) is 18.4. The van der Waals surface area contributed by atoms with Crippen molar-refractivity contribution in [2.75, 3.05) is 19.0 Å². The molecule has 0 aliphatic heterocycles. The summed E-state index contributed by atoms with van der Waals surface area (Å²) < 4.78 is 5.82. The van der Waals surface area contributed by atoms with Gasteiger partial charge in [0, 0.05) is 18.8 Å². The maximum atomic E-state index is 5.82. The largest absolute Gasteiger partial charge is 0.494 e. The van der Waals surface area contributed by atoms with Gasteiger partial charge in [0.2, 0.25) is 0 Å². The van der Waals surface area contributed by atoms with E-state index in [0.29, 0.717) is 0 Å². The van der Waals surface area contributed by atoms with Gasteiger partial charge in [-0.25, -0.2) is 0 Å². The summed E-state index contributed by atoms with van der Waals surface area (Å²) in [6.07, 6.45) is 23.6. The zero-order chi connectivity index (χ0) is 19.4. The van der Waals surface area contributed by atoms with Gasteiger partial charge in [0.25, 0.3) is 0 Å². The number of unbranched alkanes of at least 4 members (excludes halogenated alkanes) is 12. The van der Waals surface area contributed by atoms with Gasteiger partial charge in [-0.2, -0.15) is 0 Å². The molecule has 0 atom stereocenters. The molecule has 28 heavy (non-hydrogen) atoms. The molecule has 0 saturated heterocycles. The second-order valence-corrected chi connectivity index (χ2v) is 7.56. The van der Waals surface area contributed by atoms with E-state index in [-0.39, 0.29) is 12.4 Å². The lowest BCUT2D eigenvalue weighted by molar-refractivity contribution is 0.304. The number of hydrogen-bond donors (Lipinski definition) is 1. The minimum absolute atomic E-state index is 0. The van der Waals surface area contributed by atoms with Gasteiger partial charge in [-0.1, -0.05) is 82.9 Å². The molecule has 1 aromatic carbocycles. The van der Waals surface area contributed by atoms with Crippen molar-refractivity contribution in [2.24, 2.45) is 0 Å². The number of anilines is 1. The Labute approximate surface area is 180 Å². The highest BCUT2D eigenvalue weighted by atomic mass is 35.5. The van der Waals surface area contributed by atoms with Crippen LogP contribution in [0.4, 0.5) is 5.69 Å². The lowest BCUT2D eigenvalue weighted by Gasteiger charge is -2.07. The van der Waals surface area contributed by atoms with E-state index in [9.17, 15) is 0 Å². The van der Waals surface area contributed by atoms with Crippen molar-refractivity contribution in [3.63, 3.8) is 0 Å². The Hall–Kier alpha value is -1.15. The standard InChI is InChI=1S/C25H43NO.ClH/c1-3-4-5-6-7-8-9-10-11-12-13-14-15-16-17-18-22-27-25-21-19-20-24(23-25)26-2;/h10-11,19-21,23,26H,3-9,12-18,22H2,1-2H3;1H. The summed E-state index contributed by atoms with van der Waals surface area (Å²) in [5.74, 6) is 0.967. The van der Waals surface area contributed by atoms with Crippen LogP contribution in [0, 0.1) is 0 Å². The predicted molar refractivity (Wildman–Crippen MR) is 128 cm³/mol. The van der Waals surface area contributed by atoms with Crippen molar-refractivity contribution in [3.8, 4) is 5.75 Å². The predicted octanol–water partition coefficient (Wildman–Crippen LogP) is 8.57. The summed E-state index contributed by atoms with van der Waals surface area (Å²) in [6, 6.07) is 8.17. The van der Waals surface area contributed by atoms with Crippen molar-refractivity contribution < 1.29 is 4.74 Å². The maximum Gasteiger partial charge on any atom is 0.121 e. The highest BCUT2D eigenvalue weighted by Gasteiger charge is 1.96. The molecule has 0 spiro atoms. The topological polar surface area (TPSA) is 21.3 Å². The zero-order valence-corrected chi connectivity index (χ0v) is 19.2. The maximum absolute atomic E-state index is 5.82. The van der Waals surface area contributed by atoms with E-state index in [1.54, 1.807) is 0 Å². The summed E-state index contributed by atoms with van der Waals surface area (Å²) in [4.78, 5) is 0. The van der Waals surface area contributed by atoms with Crippen molar-refractivity contribution >= 4 is 18.1 Å². The molecule has 0 radical (unpaired) electrons. The molecule has 0 aliphatic carbocycles. The first-order valence-corrected chi connectivity index (χ1v) is 11.4. The number of allylic oxidation sites excluding steroid dienone is 2. The van der Waals surface area contributed by atoms with Crippen molar-refractivity contribution in [1.82, 2.24) is 0 Å². The van der Waals surface area contributed by atoms with Crippen LogP contribution in [0.5, 0.6) is 5.75 Å². The Morgan fingerprint density at radius 2 is 1.36 bits per heavy atom. The molecular formula is C25H44ClNO. The molecular weight excluding hydrogens is 366 g/mol. The molecule has 0 unspecified atom stereocenters. The fourth-order valence-electron chi connectivity index (χ4n) is 3.28.